The first-order valence-corrected chi connectivity index (χ1v) is 12.1. The van der Waals surface area contributed by atoms with Gasteiger partial charge in [0, 0.05) is 55.1 Å². The Labute approximate surface area is 204 Å². The zero-order valence-electron chi connectivity index (χ0n) is 20.0. The summed E-state index contributed by atoms with van der Waals surface area (Å²) in [5.41, 5.74) is 4.33. The summed E-state index contributed by atoms with van der Waals surface area (Å²) in [6, 6.07) is 9.72. The maximum absolute atomic E-state index is 12.3. The Balaban J connectivity index is 1.25. The van der Waals surface area contributed by atoms with Crippen LogP contribution in [0.1, 0.15) is 66.2 Å². The molecular weight excluding hydrogens is 438 g/mol. The molecule has 1 saturated carbocycles. The maximum Gasteiger partial charge on any atom is 0.251 e. The molecule has 3 heterocycles. The van der Waals surface area contributed by atoms with Gasteiger partial charge in [0.1, 0.15) is 18.0 Å². The minimum absolute atomic E-state index is 0.105. The van der Waals surface area contributed by atoms with Crippen molar-refractivity contribution in [1.82, 2.24) is 30.2 Å². The largest absolute Gasteiger partial charge is 0.370 e. The summed E-state index contributed by atoms with van der Waals surface area (Å²) < 4.78 is 0. The Morgan fingerprint density at radius 3 is 2.66 bits per heavy atom. The average molecular weight is 468 g/mol. The molecule has 178 valence electrons. The van der Waals surface area contributed by atoms with E-state index in [1.165, 1.54) is 19.3 Å². The van der Waals surface area contributed by atoms with Gasteiger partial charge in [-0.25, -0.2) is 19.9 Å². The maximum atomic E-state index is 12.3. The van der Waals surface area contributed by atoms with Gasteiger partial charge in [-0.15, -0.1) is 0 Å². The number of hydrogen-bond donors (Lipinski definition) is 2. The summed E-state index contributed by atoms with van der Waals surface area (Å²) in [5, 5.41) is 6.99. The van der Waals surface area contributed by atoms with Gasteiger partial charge in [-0.1, -0.05) is 31.5 Å². The fourth-order valence-electron chi connectivity index (χ4n) is 4.46. The highest BCUT2D eigenvalue weighted by Crippen LogP contribution is 2.34. The predicted octanol–water partition coefficient (Wildman–Crippen LogP) is 4.71. The Bertz CT molecular complexity index is 1340. The minimum Gasteiger partial charge on any atom is -0.370 e. The summed E-state index contributed by atoms with van der Waals surface area (Å²) in [6.07, 6.45) is 11.5. The van der Waals surface area contributed by atoms with Gasteiger partial charge in [0.25, 0.3) is 5.91 Å². The number of aromatic nitrogens is 5. The summed E-state index contributed by atoms with van der Waals surface area (Å²) >= 11 is 0. The first-order valence-electron chi connectivity index (χ1n) is 12.1. The number of anilines is 1. The van der Waals surface area contributed by atoms with Crippen LogP contribution in [0.4, 0.5) is 5.82 Å². The molecule has 8 heteroatoms. The fourth-order valence-corrected chi connectivity index (χ4v) is 4.46. The third kappa shape index (κ3) is 4.82. The molecule has 0 spiro atoms. The number of nitrogens with zero attached hydrogens (tertiary/aromatic N) is 5. The summed E-state index contributed by atoms with van der Waals surface area (Å²) in [6.45, 7) is 2.91. The zero-order valence-corrected chi connectivity index (χ0v) is 20.0. The predicted molar refractivity (Wildman–Crippen MR) is 136 cm³/mol. The van der Waals surface area contributed by atoms with Crippen LogP contribution >= 0.6 is 0 Å². The van der Waals surface area contributed by atoms with Gasteiger partial charge in [0.2, 0.25) is 0 Å². The van der Waals surface area contributed by atoms with E-state index in [0.29, 0.717) is 11.5 Å². The van der Waals surface area contributed by atoms with E-state index in [-0.39, 0.29) is 11.8 Å². The second-order valence-electron chi connectivity index (χ2n) is 9.04. The molecule has 35 heavy (non-hydrogen) atoms. The van der Waals surface area contributed by atoms with Gasteiger partial charge in [-0.3, -0.25) is 9.78 Å². The molecule has 1 fully saturated rings. The van der Waals surface area contributed by atoms with Gasteiger partial charge in [-0.05, 0) is 36.8 Å². The molecular formula is C27H29N7O. The first kappa shape index (κ1) is 22.8. The van der Waals surface area contributed by atoms with Crippen LogP contribution in [0, 0.1) is 0 Å². The molecule has 1 aliphatic carbocycles. The molecule has 0 bridgehead atoms. The van der Waals surface area contributed by atoms with Crippen LogP contribution in [-0.2, 0) is 0 Å². The first-order chi connectivity index (χ1) is 17.1. The second-order valence-corrected chi connectivity index (χ2v) is 9.04. The van der Waals surface area contributed by atoms with E-state index in [4.69, 9.17) is 0 Å². The monoisotopic (exact) mass is 467 g/mol. The smallest absolute Gasteiger partial charge is 0.251 e. The van der Waals surface area contributed by atoms with E-state index in [2.05, 4.69) is 48.5 Å². The number of pyridine rings is 1. The van der Waals surface area contributed by atoms with Crippen molar-refractivity contribution in [2.24, 2.45) is 0 Å². The average Bonchev–Trinajstić information content (AvgIpc) is 2.87. The lowest BCUT2D eigenvalue weighted by Crippen LogP contribution is -2.18. The summed E-state index contributed by atoms with van der Waals surface area (Å²) in [7, 11) is 1.64. The summed E-state index contributed by atoms with van der Waals surface area (Å²) in [4.78, 5) is 34.7. The van der Waals surface area contributed by atoms with E-state index >= 15 is 0 Å². The topological polar surface area (TPSA) is 106 Å². The van der Waals surface area contributed by atoms with Gasteiger partial charge in [0.15, 0.2) is 0 Å². The second kappa shape index (κ2) is 10.1. The normalized spacial score (nSPS) is 14.3. The third-order valence-corrected chi connectivity index (χ3v) is 6.79. The van der Waals surface area contributed by atoms with Crippen LogP contribution in [-0.4, -0.2) is 44.4 Å². The zero-order chi connectivity index (χ0) is 24.2. The fraction of sp³-hybridized carbons (Fsp3) is 0.333. The number of para-hydroxylation sites is 1. The number of fused-ring (bicyclic) bond motifs is 1. The summed E-state index contributed by atoms with van der Waals surface area (Å²) in [5.74, 6) is 2.36. The van der Waals surface area contributed by atoms with Gasteiger partial charge in [-0.2, -0.15) is 0 Å². The molecule has 2 N–H and O–H groups in total. The van der Waals surface area contributed by atoms with E-state index < -0.39 is 0 Å². The quantitative estimate of drug-likeness (QED) is 0.386. The van der Waals surface area contributed by atoms with Gasteiger partial charge in [0.05, 0.1) is 16.8 Å². The van der Waals surface area contributed by atoms with Crippen molar-refractivity contribution >= 4 is 22.6 Å². The highest BCUT2D eigenvalue weighted by Gasteiger charge is 2.22. The molecule has 1 unspecified atom stereocenters. The van der Waals surface area contributed by atoms with Crippen LogP contribution < -0.4 is 10.6 Å². The molecule has 1 amide bonds. The minimum atomic E-state index is -0.105. The van der Waals surface area contributed by atoms with Crippen LogP contribution in [0.2, 0.25) is 0 Å². The third-order valence-electron chi connectivity index (χ3n) is 6.79. The van der Waals surface area contributed by atoms with Crippen molar-refractivity contribution in [2.45, 2.75) is 44.4 Å². The number of benzene rings is 1. The number of nitrogens with one attached hydrogen (secondary N) is 2. The van der Waals surface area contributed by atoms with Crippen molar-refractivity contribution in [3.8, 4) is 11.3 Å². The molecule has 1 aliphatic rings. The molecule has 0 radical (unpaired) electrons. The molecule has 0 saturated heterocycles. The van der Waals surface area contributed by atoms with Crippen LogP contribution in [0.15, 0.2) is 55.2 Å². The van der Waals surface area contributed by atoms with Gasteiger partial charge < -0.3 is 10.6 Å². The van der Waals surface area contributed by atoms with E-state index in [1.54, 1.807) is 25.6 Å². The molecule has 8 nitrogen and oxygen atoms in total. The SMILES string of the molecule is CNC(=O)c1ccnc2c(C(C)CCNc3cc(-c4cnc(C5CCC5)nc4)ncn3)cccc12. The lowest BCUT2D eigenvalue weighted by molar-refractivity contribution is 0.0964. The van der Waals surface area contributed by atoms with Crippen LogP contribution in [0.5, 0.6) is 0 Å². The molecule has 1 aromatic carbocycles. The highest BCUT2D eigenvalue weighted by atomic mass is 16.1. The molecule has 4 aromatic rings. The van der Waals surface area contributed by atoms with Crippen molar-refractivity contribution < 1.29 is 4.79 Å². The van der Waals surface area contributed by atoms with Crippen molar-refractivity contribution in [2.75, 3.05) is 18.9 Å². The Hall–Kier alpha value is -3.94. The highest BCUT2D eigenvalue weighted by molar-refractivity contribution is 6.06. The van der Waals surface area contributed by atoms with Crippen molar-refractivity contribution in [3.63, 3.8) is 0 Å². The van der Waals surface area contributed by atoms with Crippen molar-refractivity contribution in [1.29, 1.82) is 0 Å². The number of rotatable bonds is 8. The number of carbonyl (C=O) groups is 1. The standard InChI is InChI=1S/C27H29N7O/c1-17(20-7-4-8-21-22(27(35)28-2)10-12-30-25(20)21)9-11-29-24-13-23(33-16-34-24)19-14-31-26(32-15-19)18-5-3-6-18/h4,7-8,10,12-18H,3,5-6,9,11H2,1-2H3,(H,28,35)(H,29,33,34). The molecule has 1 atom stereocenters. The van der Waals surface area contributed by atoms with E-state index in [1.807, 2.05) is 30.6 Å². The Kier molecular flexibility index (Phi) is 6.61. The lowest BCUT2D eigenvalue weighted by atomic mass is 9.85. The van der Waals surface area contributed by atoms with Crippen molar-refractivity contribution in [3.05, 3.63) is 72.2 Å². The van der Waals surface area contributed by atoms with E-state index in [0.717, 1.165) is 52.3 Å². The number of hydrogen-bond acceptors (Lipinski definition) is 7. The Morgan fingerprint density at radius 2 is 1.91 bits per heavy atom. The van der Waals surface area contributed by atoms with Crippen LogP contribution in [0.25, 0.3) is 22.2 Å². The van der Waals surface area contributed by atoms with Crippen LogP contribution in [0.3, 0.4) is 0 Å². The number of carbonyl (C=O) groups excluding carboxylic acids is 1. The van der Waals surface area contributed by atoms with Gasteiger partial charge >= 0.3 is 0 Å². The lowest BCUT2D eigenvalue weighted by Gasteiger charge is -2.23. The van der Waals surface area contributed by atoms with E-state index in [9.17, 15) is 4.79 Å². The molecule has 0 aliphatic heterocycles. The Morgan fingerprint density at radius 1 is 1.09 bits per heavy atom. The number of amides is 1. The molecule has 5 rings (SSSR count). The molecule has 3 aromatic heterocycles.